The van der Waals surface area contributed by atoms with Crippen LogP contribution in [-0.2, 0) is 12.8 Å². The Morgan fingerprint density at radius 2 is 1.91 bits per heavy atom. The molecule has 1 aliphatic carbocycles. The average Bonchev–Trinajstić information content (AvgIpc) is 2.92. The molecule has 0 atom stereocenters. The molecule has 5 heteroatoms. The molecule has 0 aliphatic heterocycles. The van der Waals surface area contributed by atoms with E-state index in [4.69, 9.17) is 0 Å². The van der Waals surface area contributed by atoms with Crippen molar-refractivity contribution in [2.45, 2.75) is 25.7 Å². The maximum absolute atomic E-state index is 13.4. The lowest BCUT2D eigenvalue weighted by Gasteiger charge is -2.16. The number of aromatic nitrogens is 2. The topological polar surface area (TPSA) is 46.7 Å². The van der Waals surface area contributed by atoms with Gasteiger partial charge in [0.15, 0.2) is 0 Å². The summed E-state index contributed by atoms with van der Waals surface area (Å²) in [6.07, 6.45) is 5.80. The number of hydrogen-bond acceptors (Lipinski definition) is 3. The van der Waals surface area contributed by atoms with Gasteiger partial charge in [-0.25, -0.2) is 9.37 Å². The van der Waals surface area contributed by atoms with E-state index in [1.54, 1.807) is 6.07 Å². The van der Waals surface area contributed by atoms with Crippen molar-refractivity contribution in [3.8, 4) is 11.3 Å². The Morgan fingerprint density at radius 1 is 1.09 bits per heavy atom. The lowest BCUT2D eigenvalue weighted by atomic mass is 9.90. The van der Waals surface area contributed by atoms with Crippen LogP contribution in [0.5, 0.6) is 0 Å². The summed E-state index contributed by atoms with van der Waals surface area (Å²) in [6.45, 7) is 0. The first kappa shape index (κ1) is 13.1. The SMILES string of the molecule is O=Nc1c(-c2ccc3c(c2)CCCC3)nc2ccc(F)cn12. The van der Waals surface area contributed by atoms with Crippen LogP contribution in [0.4, 0.5) is 10.2 Å². The van der Waals surface area contributed by atoms with Gasteiger partial charge >= 0.3 is 0 Å². The van der Waals surface area contributed by atoms with Crippen molar-refractivity contribution < 1.29 is 4.39 Å². The van der Waals surface area contributed by atoms with Gasteiger partial charge in [0.25, 0.3) is 0 Å². The van der Waals surface area contributed by atoms with Crippen molar-refractivity contribution in [2.75, 3.05) is 0 Å². The van der Waals surface area contributed by atoms with Crippen LogP contribution in [0.3, 0.4) is 0 Å². The predicted molar refractivity (Wildman–Crippen MR) is 82.7 cm³/mol. The maximum Gasteiger partial charge on any atom is 0.209 e. The van der Waals surface area contributed by atoms with Crippen molar-refractivity contribution in [3.05, 3.63) is 58.4 Å². The van der Waals surface area contributed by atoms with Gasteiger partial charge in [0, 0.05) is 11.8 Å². The summed E-state index contributed by atoms with van der Waals surface area (Å²) >= 11 is 0. The number of benzene rings is 1. The van der Waals surface area contributed by atoms with Gasteiger partial charge < -0.3 is 0 Å². The van der Waals surface area contributed by atoms with E-state index in [2.05, 4.69) is 22.3 Å². The van der Waals surface area contributed by atoms with Gasteiger partial charge in [-0.05, 0) is 60.2 Å². The van der Waals surface area contributed by atoms with Crippen LogP contribution in [0.15, 0.2) is 41.7 Å². The van der Waals surface area contributed by atoms with E-state index in [9.17, 15) is 9.30 Å². The summed E-state index contributed by atoms with van der Waals surface area (Å²) in [5.41, 5.74) is 4.56. The largest absolute Gasteiger partial charge is 0.278 e. The Morgan fingerprint density at radius 3 is 2.73 bits per heavy atom. The van der Waals surface area contributed by atoms with Crippen LogP contribution < -0.4 is 0 Å². The highest BCUT2D eigenvalue weighted by atomic mass is 19.1. The Kier molecular flexibility index (Phi) is 2.99. The Labute approximate surface area is 126 Å². The molecule has 3 aromatic rings. The molecule has 22 heavy (non-hydrogen) atoms. The van der Waals surface area contributed by atoms with Crippen molar-refractivity contribution in [1.82, 2.24) is 9.38 Å². The third-order valence-corrected chi connectivity index (χ3v) is 4.27. The van der Waals surface area contributed by atoms with Crippen LogP contribution in [0.2, 0.25) is 0 Å². The smallest absolute Gasteiger partial charge is 0.209 e. The summed E-state index contributed by atoms with van der Waals surface area (Å²) in [6, 6.07) is 9.03. The zero-order valence-electron chi connectivity index (χ0n) is 11.9. The molecule has 1 aromatic carbocycles. The summed E-state index contributed by atoms with van der Waals surface area (Å²) < 4.78 is 14.8. The van der Waals surface area contributed by atoms with E-state index in [-0.39, 0.29) is 5.82 Å². The third kappa shape index (κ3) is 2.01. The van der Waals surface area contributed by atoms with Gasteiger partial charge in [-0.1, -0.05) is 12.1 Å². The number of aryl methyl sites for hydroxylation is 2. The number of pyridine rings is 1. The van der Waals surface area contributed by atoms with Crippen LogP contribution in [-0.4, -0.2) is 9.38 Å². The first-order valence-electron chi connectivity index (χ1n) is 7.39. The summed E-state index contributed by atoms with van der Waals surface area (Å²) in [4.78, 5) is 15.7. The van der Waals surface area contributed by atoms with Crippen molar-refractivity contribution in [3.63, 3.8) is 0 Å². The lowest BCUT2D eigenvalue weighted by Crippen LogP contribution is -2.02. The molecule has 0 saturated heterocycles. The van der Waals surface area contributed by atoms with Gasteiger partial charge in [0.05, 0.1) is 0 Å². The Balaban J connectivity index is 1.92. The second-order valence-corrected chi connectivity index (χ2v) is 5.64. The number of fused-ring (bicyclic) bond motifs is 2. The minimum Gasteiger partial charge on any atom is -0.278 e. The molecule has 4 rings (SSSR count). The second kappa shape index (κ2) is 5.02. The molecular formula is C17H14FN3O. The van der Waals surface area contributed by atoms with Crippen molar-refractivity contribution in [2.24, 2.45) is 5.18 Å². The molecule has 0 radical (unpaired) electrons. The van der Waals surface area contributed by atoms with Gasteiger partial charge in [-0.2, -0.15) is 0 Å². The van der Waals surface area contributed by atoms with E-state index < -0.39 is 5.82 Å². The summed E-state index contributed by atoms with van der Waals surface area (Å²) in [7, 11) is 0. The highest BCUT2D eigenvalue weighted by molar-refractivity contribution is 5.75. The van der Waals surface area contributed by atoms with E-state index in [1.165, 1.54) is 40.6 Å². The van der Waals surface area contributed by atoms with E-state index in [0.717, 1.165) is 18.4 Å². The second-order valence-electron chi connectivity index (χ2n) is 5.64. The molecule has 0 bridgehead atoms. The van der Waals surface area contributed by atoms with Crippen LogP contribution in [0.1, 0.15) is 24.0 Å². The molecule has 0 unspecified atom stereocenters. The molecule has 4 nitrogen and oxygen atoms in total. The fourth-order valence-corrected chi connectivity index (χ4v) is 3.17. The maximum atomic E-state index is 13.4. The van der Waals surface area contributed by atoms with Gasteiger partial charge in [-0.15, -0.1) is 4.91 Å². The molecule has 0 amide bonds. The Hall–Kier alpha value is -2.56. The van der Waals surface area contributed by atoms with Crippen LogP contribution in [0.25, 0.3) is 16.9 Å². The Bertz CT molecular complexity index is 885. The molecule has 1 aliphatic rings. The normalized spacial score (nSPS) is 14.0. The van der Waals surface area contributed by atoms with Gasteiger partial charge in [-0.3, -0.25) is 4.40 Å². The third-order valence-electron chi connectivity index (χ3n) is 4.27. The summed E-state index contributed by atoms with van der Waals surface area (Å²) in [5.74, 6) is -0.281. The van der Waals surface area contributed by atoms with Gasteiger partial charge in [0.2, 0.25) is 5.82 Å². The predicted octanol–water partition coefficient (Wildman–Crippen LogP) is 4.42. The zero-order valence-corrected chi connectivity index (χ0v) is 11.9. The van der Waals surface area contributed by atoms with Crippen molar-refractivity contribution >= 4 is 11.5 Å². The number of nitroso groups, excluding NO2 is 1. The lowest BCUT2D eigenvalue weighted by molar-refractivity contribution is 0.619. The number of hydrogen-bond donors (Lipinski definition) is 0. The number of imidazole rings is 1. The summed E-state index contributed by atoms with van der Waals surface area (Å²) in [5, 5.41) is 3.07. The molecule has 110 valence electrons. The minimum absolute atomic E-state index is 0.144. The fraction of sp³-hybridized carbons (Fsp3) is 0.235. The van der Waals surface area contributed by atoms with Gasteiger partial charge in [0.1, 0.15) is 17.2 Å². The number of nitrogens with zero attached hydrogens (tertiary/aromatic N) is 3. The minimum atomic E-state index is -0.424. The zero-order chi connectivity index (χ0) is 15.1. The van der Waals surface area contributed by atoms with E-state index in [0.29, 0.717) is 11.3 Å². The highest BCUT2D eigenvalue weighted by Gasteiger charge is 2.17. The average molecular weight is 295 g/mol. The molecule has 2 aromatic heterocycles. The molecular weight excluding hydrogens is 281 g/mol. The monoisotopic (exact) mass is 295 g/mol. The van der Waals surface area contributed by atoms with Crippen LogP contribution >= 0.6 is 0 Å². The molecule has 0 N–H and O–H groups in total. The number of halogens is 1. The standard InChI is InChI=1S/C17H14FN3O/c18-14-7-8-15-19-16(17(20-22)21(15)10-14)13-6-5-11-3-1-2-4-12(11)9-13/h5-10H,1-4H2. The first-order chi connectivity index (χ1) is 10.8. The quantitative estimate of drug-likeness (QED) is 0.657. The highest BCUT2D eigenvalue weighted by Crippen LogP contribution is 2.33. The van der Waals surface area contributed by atoms with Crippen molar-refractivity contribution in [1.29, 1.82) is 0 Å². The first-order valence-corrected chi connectivity index (χ1v) is 7.39. The molecule has 0 saturated carbocycles. The molecule has 0 fully saturated rings. The number of rotatable bonds is 2. The van der Waals surface area contributed by atoms with E-state index >= 15 is 0 Å². The van der Waals surface area contributed by atoms with E-state index in [1.807, 2.05) is 6.07 Å². The molecule has 0 spiro atoms. The molecule has 2 heterocycles. The fourth-order valence-electron chi connectivity index (χ4n) is 3.17. The van der Waals surface area contributed by atoms with Crippen LogP contribution in [0, 0.1) is 10.7 Å².